The molecule has 7 rings (SSSR count). The van der Waals surface area contributed by atoms with Gasteiger partial charge in [-0.2, -0.15) is 11.8 Å². The highest BCUT2D eigenvalue weighted by Crippen LogP contribution is 2.38. The number of hydrogen-bond acceptors (Lipinski definition) is 36. The van der Waals surface area contributed by atoms with Gasteiger partial charge >= 0.3 is 0 Å². The number of ether oxygens (including phenoxy) is 13. The van der Waals surface area contributed by atoms with Gasteiger partial charge in [0.2, 0.25) is 0 Å². The molecule has 6 fully saturated rings. The van der Waals surface area contributed by atoms with Crippen molar-refractivity contribution in [2.45, 2.75) is 198 Å². The molecule has 1 aromatic rings. The van der Waals surface area contributed by atoms with Gasteiger partial charge in [-0.15, -0.1) is 0 Å². The van der Waals surface area contributed by atoms with Crippen LogP contribution in [-0.2, 0) is 56.8 Å². The summed E-state index contributed by atoms with van der Waals surface area (Å²) in [7, 11) is 0. The zero-order valence-corrected chi connectivity index (χ0v) is 45.2. The minimum atomic E-state index is -2.28. The molecule has 480 valence electrons. The van der Waals surface area contributed by atoms with Crippen molar-refractivity contribution in [3.63, 3.8) is 0 Å². The van der Waals surface area contributed by atoms with Gasteiger partial charge in [0.25, 0.3) is 10.9 Å². The normalized spacial score (nSPS) is 45.3. The van der Waals surface area contributed by atoms with Gasteiger partial charge in [-0.3, -0.25) is 9.59 Å². The first kappa shape index (κ1) is 68.3. The maximum Gasteiger partial charge on any atom is 0.272 e. The first-order chi connectivity index (χ1) is 39.6. The molecule has 6 saturated heterocycles. The quantitative estimate of drug-likeness (QED) is 0.0287. The van der Waals surface area contributed by atoms with E-state index >= 15 is 0 Å². The summed E-state index contributed by atoms with van der Waals surface area (Å²) in [5.41, 5.74) is -1.34. The third-order valence-electron chi connectivity index (χ3n) is 14.8. The van der Waals surface area contributed by atoms with Gasteiger partial charge in [0, 0.05) is 12.3 Å². The molecule has 6 aliphatic heterocycles. The number of hydrogen-bond donors (Lipinski definition) is 20. The van der Waals surface area contributed by atoms with Crippen LogP contribution in [0.2, 0.25) is 0 Å². The number of nitrogens with one attached hydrogen (secondary N) is 1. The lowest BCUT2D eigenvalue weighted by Gasteiger charge is -2.50. The van der Waals surface area contributed by atoms with Gasteiger partial charge in [-0.25, -0.2) is 0 Å². The summed E-state index contributed by atoms with van der Waals surface area (Å²) >= 11 is 1.41. The minimum Gasteiger partial charge on any atom is -0.488 e. The second kappa shape index (κ2) is 30.8. The summed E-state index contributed by atoms with van der Waals surface area (Å²) < 4.78 is 75.4. The maximum absolute atomic E-state index is 11.9. The first-order valence-electron chi connectivity index (χ1n) is 26.7. The molecule has 36 heteroatoms. The third-order valence-corrected chi connectivity index (χ3v) is 15.9. The predicted octanol–water partition coefficient (Wildman–Crippen LogP) is -12.8. The molecule has 1 aromatic carbocycles. The van der Waals surface area contributed by atoms with E-state index in [0.29, 0.717) is 17.9 Å². The predicted molar refractivity (Wildman–Crippen MR) is 266 cm³/mol. The van der Waals surface area contributed by atoms with Crippen molar-refractivity contribution < 1.29 is 159 Å². The summed E-state index contributed by atoms with van der Waals surface area (Å²) in [5, 5.41) is 208. The van der Waals surface area contributed by atoms with E-state index in [0.717, 1.165) is 0 Å². The van der Waals surface area contributed by atoms with Crippen LogP contribution in [0.1, 0.15) is 13.3 Å². The summed E-state index contributed by atoms with van der Waals surface area (Å²) in [5.74, 6) is 0.860. The third kappa shape index (κ3) is 14.9. The van der Waals surface area contributed by atoms with E-state index < -0.39 is 235 Å². The van der Waals surface area contributed by atoms with Crippen LogP contribution in [0.3, 0.4) is 0 Å². The molecular formula is C47H77NO34S. The molecule has 6 heterocycles. The summed E-state index contributed by atoms with van der Waals surface area (Å²) in [6.45, 7) is -3.88. The first-order valence-corrected chi connectivity index (χ1v) is 27.9. The molecule has 0 spiro atoms. The van der Waals surface area contributed by atoms with Crippen LogP contribution >= 0.6 is 11.8 Å². The molecule has 35 nitrogen and oxygen atoms in total. The highest BCUT2D eigenvalue weighted by molar-refractivity contribution is 7.99. The van der Waals surface area contributed by atoms with Crippen molar-refractivity contribution in [3.05, 3.63) is 20.4 Å². The summed E-state index contributed by atoms with van der Waals surface area (Å²) in [6.07, 6.45) is -59.7. The number of aliphatic hydroxyl groups is 19. The van der Waals surface area contributed by atoms with Crippen molar-refractivity contribution in [1.29, 1.82) is 0 Å². The Morgan fingerprint density at radius 3 is 1.06 bits per heavy atom. The number of aliphatic hydroxyl groups excluding tert-OH is 19. The van der Waals surface area contributed by atoms with Crippen LogP contribution < -0.4 is 20.9 Å². The van der Waals surface area contributed by atoms with Crippen LogP contribution in [0, 0.1) is 0 Å². The fourth-order valence-electron chi connectivity index (χ4n) is 10.1. The van der Waals surface area contributed by atoms with Gasteiger partial charge in [-0.1, -0.05) is 0 Å². The van der Waals surface area contributed by atoms with E-state index in [2.05, 4.69) is 5.32 Å². The van der Waals surface area contributed by atoms with E-state index in [4.69, 9.17) is 61.6 Å². The van der Waals surface area contributed by atoms with Crippen LogP contribution in [0.5, 0.6) is 5.75 Å². The van der Waals surface area contributed by atoms with Crippen LogP contribution in [0.4, 0.5) is 5.69 Å². The Labute approximate surface area is 475 Å². The zero-order chi connectivity index (χ0) is 60.7. The van der Waals surface area contributed by atoms with Gasteiger partial charge in [0.15, 0.2) is 43.5 Å². The van der Waals surface area contributed by atoms with Gasteiger partial charge in [0.1, 0.15) is 152 Å². The Morgan fingerprint density at radius 1 is 0.398 bits per heavy atom. The highest BCUT2D eigenvalue weighted by atomic mass is 32.2. The monoisotopic (exact) mass is 1230 g/mol. The highest BCUT2D eigenvalue weighted by Gasteiger charge is 2.59. The molecule has 6 aliphatic rings. The van der Waals surface area contributed by atoms with E-state index in [1.54, 1.807) is 6.92 Å². The van der Waals surface area contributed by atoms with Crippen LogP contribution in [0.25, 0.3) is 0 Å². The zero-order valence-electron chi connectivity index (χ0n) is 44.3. The van der Waals surface area contributed by atoms with Crippen molar-refractivity contribution in [3.8, 4) is 5.75 Å². The summed E-state index contributed by atoms with van der Waals surface area (Å²) in [4.78, 5) is 23.7. The van der Waals surface area contributed by atoms with Gasteiger partial charge in [-0.05, 0) is 19.1 Å². The SMILES string of the molecule is CCOc1c(NCCSCCCO[C@@H]2O[C@H](CO)[C@@H](O)[C@H](O)[C@@H]2O[C@@H]2O[C@H](CO)[C@@H](O)[C@H](O)[C@@H]2O[C@@H]2O[C@H](CO)[C@@H](O)[C@H](O)[C@@H]2O[C@@H]2O[C@H](CO)[C@@H](O)[C@H](O)[C@@H]2O[C@@H]2O[C@H](CO)[C@@H](O)[C@H](O)[C@@H]2O[C@@H]2O[C@H](CO)[C@@H](O)[C@H](O)[C@@H]2O)c(=O)c1=O. The molecule has 0 radical (unpaired) electrons. The number of anilines is 1. The van der Waals surface area contributed by atoms with E-state index in [-0.39, 0.29) is 31.2 Å². The lowest BCUT2D eigenvalue weighted by Crippen LogP contribution is -2.69. The Balaban J connectivity index is 1.11. The van der Waals surface area contributed by atoms with Gasteiger partial charge in [0.05, 0.1) is 52.9 Å². The summed E-state index contributed by atoms with van der Waals surface area (Å²) in [6, 6.07) is 0. The lowest BCUT2D eigenvalue weighted by molar-refractivity contribution is -0.417. The van der Waals surface area contributed by atoms with Crippen molar-refractivity contribution in [2.24, 2.45) is 0 Å². The Morgan fingerprint density at radius 2 is 0.711 bits per heavy atom. The standard InChI is InChI=1S/C47H77NO34S/c1-2-70-36-20(27(61)34(36)68)48-4-7-83-6-3-5-71-43-37(29(63)22(56)15(9-50)73-43)79-45-39(31(65)24(58)17(11-52)75-45)81-47-41(33(67)26(60)19(13-54)77-47)82-46-40(32(66)25(59)18(12-53)76-46)80-44-38(30(64)23(57)16(10-51)74-44)78-42-35(69)28(62)21(55)14(8-49)72-42/h14-19,21-26,28-33,35,37-60,62-67,69H,2-13H2,1H3/t14-,15-,16-,17-,18-,19-,21-,22-,23-,24-,25-,26-,28+,29+,30+,31+,32+,33+,35+,37+,38+,39+,40+,41+,42+,43-,44+,45+,46+,47+/m1/s1. The second-order valence-electron chi connectivity index (χ2n) is 20.3. The van der Waals surface area contributed by atoms with E-state index in [1.165, 1.54) is 11.8 Å². The van der Waals surface area contributed by atoms with Crippen molar-refractivity contribution in [2.75, 3.05) is 76.2 Å². The molecule has 0 saturated carbocycles. The number of rotatable bonds is 27. The maximum atomic E-state index is 11.9. The molecule has 0 aromatic heterocycles. The average Bonchev–Trinajstić information content (AvgIpc) is 3.68. The van der Waals surface area contributed by atoms with Crippen molar-refractivity contribution in [1.82, 2.24) is 0 Å². The molecule has 0 amide bonds. The van der Waals surface area contributed by atoms with Crippen molar-refractivity contribution >= 4 is 17.4 Å². The average molecular weight is 1230 g/mol. The molecule has 0 unspecified atom stereocenters. The smallest absolute Gasteiger partial charge is 0.272 e. The molecular weight excluding hydrogens is 1150 g/mol. The van der Waals surface area contributed by atoms with Gasteiger partial charge < -0.3 is 164 Å². The van der Waals surface area contributed by atoms with Crippen LogP contribution in [0.15, 0.2) is 9.59 Å². The fraction of sp³-hybridized carbons (Fsp3) is 0.915. The number of thioether (sulfide) groups is 1. The largest absolute Gasteiger partial charge is 0.488 e. The van der Waals surface area contributed by atoms with E-state index in [1.807, 2.05) is 0 Å². The molecule has 30 atom stereocenters. The Bertz CT molecular complexity index is 2190. The lowest BCUT2D eigenvalue weighted by atomic mass is 9.95. The molecule has 20 N–H and O–H groups in total. The molecule has 0 aliphatic carbocycles. The van der Waals surface area contributed by atoms with Crippen LogP contribution in [-0.4, -0.2) is 352 Å². The Kier molecular flexibility index (Phi) is 25.3. The van der Waals surface area contributed by atoms with E-state index in [9.17, 15) is 107 Å². The topological polar surface area (TPSA) is 551 Å². The molecule has 83 heavy (non-hydrogen) atoms. The Hall–Kier alpha value is -2.21. The fourth-order valence-corrected chi connectivity index (χ4v) is 10.8. The molecule has 0 bridgehead atoms. The minimum absolute atomic E-state index is 0.0375. The second-order valence-corrected chi connectivity index (χ2v) is 21.5.